The maximum atomic E-state index is 10.4. The molecule has 1 aliphatic rings. The summed E-state index contributed by atoms with van der Waals surface area (Å²) >= 11 is 0. The van der Waals surface area contributed by atoms with Gasteiger partial charge in [-0.3, -0.25) is 4.99 Å². The van der Waals surface area contributed by atoms with Crippen molar-refractivity contribution in [2.24, 2.45) is 10.7 Å². The first kappa shape index (κ1) is 10.5. The monoisotopic (exact) mass is 219 g/mol. The smallest absolute Gasteiger partial charge is 0.404 e. The third-order valence-electron chi connectivity index (χ3n) is 2.28. The zero-order valence-corrected chi connectivity index (χ0v) is 8.77. The second-order valence-electron chi connectivity index (χ2n) is 3.46. The van der Waals surface area contributed by atoms with Crippen molar-refractivity contribution in [3.63, 3.8) is 0 Å². The molecule has 0 unspecified atom stereocenters. The third-order valence-corrected chi connectivity index (χ3v) is 2.28. The van der Waals surface area contributed by atoms with Crippen LogP contribution in [0.15, 0.2) is 29.3 Å². The van der Waals surface area contributed by atoms with E-state index in [4.69, 9.17) is 5.73 Å². The molecule has 0 atom stereocenters. The number of primary amides is 1. The summed E-state index contributed by atoms with van der Waals surface area (Å²) in [6, 6.07) is 7.66. The number of benzene rings is 1. The van der Waals surface area contributed by atoms with Crippen LogP contribution in [-0.4, -0.2) is 25.0 Å². The second kappa shape index (κ2) is 4.65. The number of nitrogens with two attached hydrogens (primary N) is 1. The van der Waals surface area contributed by atoms with Crippen molar-refractivity contribution in [3.8, 4) is 0 Å². The first-order chi connectivity index (χ1) is 7.75. The minimum atomic E-state index is -0.758. The molecule has 1 aromatic rings. The highest BCUT2D eigenvalue weighted by Crippen LogP contribution is 2.07. The first-order valence-corrected chi connectivity index (χ1v) is 5.05. The number of carbonyl (C=O) groups is 1. The normalized spacial score (nSPS) is 14.1. The summed E-state index contributed by atoms with van der Waals surface area (Å²) in [4.78, 5) is 14.7. The Bertz CT molecular complexity index is 412. The maximum Gasteiger partial charge on any atom is 0.404 e. The summed E-state index contributed by atoms with van der Waals surface area (Å²) in [6.07, 6.45) is -0.758. The van der Waals surface area contributed by atoms with Gasteiger partial charge in [0.05, 0.1) is 6.54 Å². The SMILES string of the molecule is NC(=O)OCc1ccc(C2=NCCN2)cc1. The third kappa shape index (κ3) is 2.50. The molecule has 0 fully saturated rings. The molecule has 5 heteroatoms. The Morgan fingerprint density at radius 3 is 2.75 bits per heavy atom. The van der Waals surface area contributed by atoms with Gasteiger partial charge in [0.1, 0.15) is 12.4 Å². The fourth-order valence-electron chi connectivity index (χ4n) is 1.50. The molecule has 0 bridgehead atoms. The number of hydrogen-bond donors (Lipinski definition) is 2. The van der Waals surface area contributed by atoms with Crippen molar-refractivity contribution in [1.82, 2.24) is 5.32 Å². The Labute approximate surface area is 93.3 Å². The van der Waals surface area contributed by atoms with Crippen molar-refractivity contribution >= 4 is 11.9 Å². The van der Waals surface area contributed by atoms with E-state index < -0.39 is 6.09 Å². The summed E-state index contributed by atoms with van der Waals surface area (Å²) in [7, 11) is 0. The van der Waals surface area contributed by atoms with Crippen LogP contribution in [0.1, 0.15) is 11.1 Å². The van der Waals surface area contributed by atoms with Crippen LogP contribution in [0.2, 0.25) is 0 Å². The van der Waals surface area contributed by atoms with Gasteiger partial charge >= 0.3 is 6.09 Å². The molecule has 1 aromatic carbocycles. The fraction of sp³-hybridized carbons (Fsp3) is 0.273. The highest BCUT2D eigenvalue weighted by atomic mass is 16.5. The van der Waals surface area contributed by atoms with Gasteiger partial charge < -0.3 is 15.8 Å². The molecule has 0 saturated carbocycles. The average molecular weight is 219 g/mol. The van der Waals surface area contributed by atoms with Crippen LogP contribution in [0.25, 0.3) is 0 Å². The lowest BCUT2D eigenvalue weighted by atomic mass is 10.1. The van der Waals surface area contributed by atoms with E-state index in [1.807, 2.05) is 24.3 Å². The highest BCUT2D eigenvalue weighted by Gasteiger charge is 2.07. The van der Waals surface area contributed by atoms with Crippen LogP contribution in [0.5, 0.6) is 0 Å². The van der Waals surface area contributed by atoms with Gasteiger partial charge in [0.15, 0.2) is 0 Å². The standard InChI is InChI=1S/C11H13N3O2/c12-11(15)16-7-8-1-3-9(4-2-8)10-13-5-6-14-10/h1-4H,5-7H2,(H2,12,15)(H,13,14). The first-order valence-electron chi connectivity index (χ1n) is 5.05. The van der Waals surface area contributed by atoms with Crippen LogP contribution >= 0.6 is 0 Å². The number of amides is 1. The minimum absolute atomic E-state index is 0.204. The van der Waals surface area contributed by atoms with E-state index in [0.29, 0.717) is 0 Å². The molecule has 5 nitrogen and oxygen atoms in total. The summed E-state index contributed by atoms with van der Waals surface area (Å²) in [5.41, 5.74) is 6.83. The van der Waals surface area contributed by atoms with Gasteiger partial charge in [0.25, 0.3) is 0 Å². The zero-order chi connectivity index (χ0) is 11.4. The molecular weight excluding hydrogens is 206 g/mol. The van der Waals surface area contributed by atoms with Gasteiger partial charge in [-0.2, -0.15) is 0 Å². The van der Waals surface area contributed by atoms with E-state index in [-0.39, 0.29) is 6.61 Å². The average Bonchev–Trinajstić information content (AvgIpc) is 2.80. The molecule has 0 spiro atoms. The van der Waals surface area contributed by atoms with Crippen molar-refractivity contribution in [2.45, 2.75) is 6.61 Å². The van der Waals surface area contributed by atoms with E-state index in [9.17, 15) is 4.79 Å². The van der Waals surface area contributed by atoms with Gasteiger partial charge in [-0.15, -0.1) is 0 Å². The molecule has 0 aliphatic carbocycles. The summed E-state index contributed by atoms with van der Waals surface area (Å²) in [5.74, 6) is 0.919. The molecule has 1 heterocycles. The van der Waals surface area contributed by atoms with Crippen molar-refractivity contribution in [3.05, 3.63) is 35.4 Å². The zero-order valence-electron chi connectivity index (χ0n) is 8.77. The molecular formula is C11H13N3O2. The molecule has 1 aliphatic heterocycles. The van der Waals surface area contributed by atoms with Crippen molar-refractivity contribution in [2.75, 3.05) is 13.1 Å². The molecule has 16 heavy (non-hydrogen) atoms. The summed E-state index contributed by atoms with van der Waals surface area (Å²) in [5, 5.41) is 3.19. The molecule has 1 amide bonds. The lowest BCUT2D eigenvalue weighted by Gasteiger charge is -2.04. The van der Waals surface area contributed by atoms with E-state index >= 15 is 0 Å². The lowest BCUT2D eigenvalue weighted by molar-refractivity contribution is 0.150. The van der Waals surface area contributed by atoms with E-state index in [2.05, 4.69) is 15.0 Å². The molecule has 3 N–H and O–H groups in total. The van der Waals surface area contributed by atoms with E-state index in [1.165, 1.54) is 0 Å². The van der Waals surface area contributed by atoms with Crippen molar-refractivity contribution in [1.29, 1.82) is 0 Å². The van der Waals surface area contributed by atoms with Gasteiger partial charge in [-0.05, 0) is 5.56 Å². The Balaban J connectivity index is 2.01. The fourth-order valence-corrected chi connectivity index (χ4v) is 1.50. The highest BCUT2D eigenvalue weighted by molar-refractivity contribution is 5.99. The Morgan fingerprint density at radius 1 is 1.44 bits per heavy atom. The Morgan fingerprint density at radius 2 is 2.19 bits per heavy atom. The number of nitrogens with zero attached hydrogens (tertiary/aromatic N) is 1. The van der Waals surface area contributed by atoms with Crippen molar-refractivity contribution < 1.29 is 9.53 Å². The number of amidine groups is 1. The number of aliphatic imine (C=N–C) groups is 1. The maximum absolute atomic E-state index is 10.4. The number of rotatable bonds is 3. The largest absolute Gasteiger partial charge is 0.445 e. The van der Waals surface area contributed by atoms with E-state index in [1.54, 1.807) is 0 Å². The Hall–Kier alpha value is -2.04. The summed E-state index contributed by atoms with van der Waals surface area (Å²) < 4.78 is 4.69. The van der Waals surface area contributed by atoms with Gasteiger partial charge in [0, 0.05) is 12.1 Å². The molecule has 2 rings (SSSR count). The minimum Gasteiger partial charge on any atom is -0.445 e. The number of hydrogen-bond acceptors (Lipinski definition) is 4. The molecule has 0 aromatic heterocycles. The predicted molar refractivity (Wildman–Crippen MR) is 60.2 cm³/mol. The predicted octanol–water partition coefficient (Wildman–Crippen LogP) is 0.632. The van der Waals surface area contributed by atoms with Gasteiger partial charge in [-0.25, -0.2) is 4.79 Å². The van der Waals surface area contributed by atoms with Crippen LogP contribution in [0.4, 0.5) is 4.79 Å². The van der Waals surface area contributed by atoms with Crippen LogP contribution in [0, 0.1) is 0 Å². The lowest BCUT2D eigenvalue weighted by Crippen LogP contribution is -2.19. The molecule has 0 radical (unpaired) electrons. The summed E-state index contributed by atoms with van der Waals surface area (Å²) in [6.45, 7) is 1.92. The molecule has 84 valence electrons. The molecule has 0 saturated heterocycles. The quantitative estimate of drug-likeness (QED) is 0.782. The van der Waals surface area contributed by atoms with Crippen LogP contribution < -0.4 is 11.1 Å². The second-order valence-corrected chi connectivity index (χ2v) is 3.46. The number of ether oxygens (including phenoxy) is 1. The van der Waals surface area contributed by atoms with Gasteiger partial charge in [-0.1, -0.05) is 24.3 Å². The van der Waals surface area contributed by atoms with Crippen LogP contribution in [0.3, 0.4) is 0 Å². The van der Waals surface area contributed by atoms with Gasteiger partial charge in [0.2, 0.25) is 0 Å². The number of carbonyl (C=O) groups excluding carboxylic acids is 1. The van der Waals surface area contributed by atoms with Crippen LogP contribution in [-0.2, 0) is 11.3 Å². The number of nitrogens with one attached hydrogen (secondary N) is 1. The topological polar surface area (TPSA) is 76.7 Å². The van der Waals surface area contributed by atoms with E-state index in [0.717, 1.165) is 30.1 Å². The Kier molecular flexibility index (Phi) is 3.05.